The zero-order chi connectivity index (χ0) is 15.4. The van der Waals surface area contributed by atoms with Crippen molar-refractivity contribution in [3.05, 3.63) is 34.4 Å². The second kappa shape index (κ2) is 8.35. The fraction of sp³-hybridized carbons (Fsp3) is 0.200. The summed E-state index contributed by atoms with van der Waals surface area (Å²) in [6.07, 6.45) is 0. The van der Waals surface area contributed by atoms with E-state index in [4.69, 9.17) is 27.7 Å². The van der Waals surface area contributed by atoms with Crippen molar-refractivity contribution >= 4 is 22.3 Å². The molecular formula is C10H13NaO8S. The Morgan fingerprint density at radius 3 is 1.75 bits per heavy atom. The summed E-state index contributed by atoms with van der Waals surface area (Å²) in [5.74, 6) is -2.20. The van der Waals surface area contributed by atoms with E-state index in [0.717, 1.165) is 0 Å². The second-order valence-electron chi connectivity index (χ2n) is 3.49. The molecule has 10 heteroatoms. The average Bonchev–Trinajstić information content (AvgIpc) is 2.13. The first-order valence-corrected chi connectivity index (χ1v) is 6.11. The first-order valence-electron chi connectivity index (χ1n) is 4.71. The van der Waals surface area contributed by atoms with Gasteiger partial charge in [0.05, 0.1) is 11.1 Å². The van der Waals surface area contributed by atoms with Crippen molar-refractivity contribution in [2.45, 2.75) is 13.8 Å². The number of carbonyl (C=O) groups is 2. The van der Waals surface area contributed by atoms with Crippen LogP contribution in [-0.2, 0) is 10.4 Å². The molecule has 1 aromatic rings. The summed E-state index contributed by atoms with van der Waals surface area (Å²) in [5, 5.41) is 17.6. The van der Waals surface area contributed by atoms with Gasteiger partial charge in [-0.25, -0.2) is 9.59 Å². The molecule has 0 spiro atoms. The van der Waals surface area contributed by atoms with E-state index in [1.54, 1.807) is 6.92 Å². The molecule has 0 amide bonds. The van der Waals surface area contributed by atoms with Crippen LogP contribution in [0, 0.1) is 13.8 Å². The van der Waals surface area contributed by atoms with Crippen LogP contribution in [0.1, 0.15) is 33.3 Å². The number of aryl methyl sites for hydroxylation is 1. The van der Waals surface area contributed by atoms with Gasteiger partial charge in [0.2, 0.25) is 0 Å². The van der Waals surface area contributed by atoms with Gasteiger partial charge in [0, 0.05) is 0 Å². The van der Waals surface area contributed by atoms with Crippen molar-refractivity contribution in [1.82, 2.24) is 0 Å². The third kappa shape index (κ3) is 7.58. The Morgan fingerprint density at radius 1 is 1.05 bits per heavy atom. The summed E-state index contributed by atoms with van der Waals surface area (Å²) in [7, 11) is -4.67. The summed E-state index contributed by atoms with van der Waals surface area (Å²) in [4.78, 5) is 21.5. The Hall–Kier alpha value is -0.970. The predicted octanol–water partition coefficient (Wildman–Crippen LogP) is -1.84. The largest absolute Gasteiger partial charge is 1.00 e. The predicted molar refractivity (Wildman–Crippen MR) is 65.1 cm³/mol. The Balaban J connectivity index is -0.000000405. The molecule has 108 valence electrons. The summed E-state index contributed by atoms with van der Waals surface area (Å²) >= 11 is 0. The van der Waals surface area contributed by atoms with Gasteiger partial charge in [-0.1, -0.05) is 6.07 Å². The molecule has 1 rings (SSSR count). The molecule has 20 heavy (non-hydrogen) atoms. The number of hydrogen-bond donors (Lipinski definition) is 4. The van der Waals surface area contributed by atoms with Crippen LogP contribution in [0.4, 0.5) is 0 Å². The molecular weight excluding hydrogens is 303 g/mol. The third-order valence-corrected chi connectivity index (χ3v) is 2.12. The van der Waals surface area contributed by atoms with Crippen molar-refractivity contribution in [3.63, 3.8) is 0 Å². The van der Waals surface area contributed by atoms with E-state index >= 15 is 0 Å². The molecule has 0 bridgehead atoms. The quantitative estimate of drug-likeness (QED) is 0.367. The summed E-state index contributed by atoms with van der Waals surface area (Å²) < 4.78 is 31.6. The van der Waals surface area contributed by atoms with Crippen LogP contribution in [0.25, 0.3) is 0 Å². The van der Waals surface area contributed by atoms with Crippen LogP contribution in [-0.4, -0.2) is 39.7 Å². The van der Waals surface area contributed by atoms with Gasteiger partial charge in [0.15, 0.2) is 0 Å². The number of benzene rings is 1. The van der Waals surface area contributed by atoms with E-state index in [-0.39, 0.29) is 42.1 Å². The van der Waals surface area contributed by atoms with Crippen LogP contribution < -0.4 is 29.6 Å². The van der Waals surface area contributed by atoms with E-state index in [0.29, 0.717) is 11.1 Å². The van der Waals surface area contributed by atoms with Crippen LogP contribution in [0.5, 0.6) is 0 Å². The van der Waals surface area contributed by atoms with Gasteiger partial charge in [-0.2, -0.15) is 8.42 Å². The second-order valence-corrected chi connectivity index (χ2v) is 4.38. The Kier molecular flexibility index (Phi) is 8.90. The maximum Gasteiger partial charge on any atom is 1.00 e. The van der Waals surface area contributed by atoms with Gasteiger partial charge in [0.1, 0.15) is 0 Å². The third-order valence-electron chi connectivity index (χ3n) is 2.12. The van der Waals surface area contributed by atoms with Crippen molar-refractivity contribution in [1.29, 1.82) is 0 Å². The minimum Gasteiger partial charge on any atom is -1.00 e. The fourth-order valence-electron chi connectivity index (χ4n) is 1.41. The van der Waals surface area contributed by atoms with E-state index in [1.165, 1.54) is 19.1 Å². The van der Waals surface area contributed by atoms with Gasteiger partial charge >= 0.3 is 51.9 Å². The van der Waals surface area contributed by atoms with Gasteiger partial charge in [0.25, 0.3) is 0 Å². The summed E-state index contributed by atoms with van der Waals surface area (Å²) in [5.41, 5.74) is 0.975. The molecule has 0 aliphatic rings. The van der Waals surface area contributed by atoms with E-state index in [9.17, 15) is 9.59 Å². The van der Waals surface area contributed by atoms with Crippen molar-refractivity contribution in [2.24, 2.45) is 0 Å². The molecule has 0 aliphatic carbocycles. The Bertz CT molecular complexity index is 606. The first kappa shape index (κ1) is 21.3. The number of carboxylic acids is 2. The van der Waals surface area contributed by atoms with Crippen LogP contribution in [0.15, 0.2) is 12.1 Å². The summed E-state index contributed by atoms with van der Waals surface area (Å²) in [6.45, 7) is 3.14. The van der Waals surface area contributed by atoms with Crippen molar-refractivity contribution < 1.29 is 68.3 Å². The van der Waals surface area contributed by atoms with Crippen LogP contribution >= 0.6 is 0 Å². The molecule has 0 atom stereocenters. The first-order chi connectivity index (χ1) is 8.45. The maximum atomic E-state index is 10.8. The number of rotatable bonds is 2. The van der Waals surface area contributed by atoms with Crippen LogP contribution in [0.2, 0.25) is 0 Å². The smallest absolute Gasteiger partial charge is 1.00 e. The number of hydrogen-bond acceptors (Lipinski definition) is 4. The van der Waals surface area contributed by atoms with E-state index < -0.39 is 22.3 Å². The molecule has 8 nitrogen and oxygen atoms in total. The molecule has 0 aliphatic heterocycles. The summed E-state index contributed by atoms with van der Waals surface area (Å²) in [6, 6.07) is 2.92. The molecule has 0 heterocycles. The monoisotopic (exact) mass is 316 g/mol. The molecule has 0 fully saturated rings. The normalized spacial score (nSPS) is 9.80. The van der Waals surface area contributed by atoms with Crippen LogP contribution in [0.3, 0.4) is 0 Å². The van der Waals surface area contributed by atoms with Gasteiger partial charge in [-0.05, 0) is 31.0 Å². The average molecular weight is 316 g/mol. The fourth-order valence-corrected chi connectivity index (χ4v) is 1.41. The molecule has 0 saturated carbocycles. The van der Waals surface area contributed by atoms with Gasteiger partial charge < -0.3 is 11.6 Å². The molecule has 4 N–H and O–H groups in total. The van der Waals surface area contributed by atoms with Gasteiger partial charge in [-0.3, -0.25) is 9.11 Å². The van der Waals surface area contributed by atoms with Gasteiger partial charge in [-0.15, -0.1) is 0 Å². The molecule has 0 saturated heterocycles. The number of aromatic carboxylic acids is 2. The standard InChI is InChI=1S/C10H10O4.Na.H2O4S.H/c1-5-3-4-7(9(11)12)6(2)8(5)10(13)14;;1-5(2,3)4;/h3-4H,1-2H3,(H,11,12)(H,13,14);;(H2,1,2,3,4);/q;+1;;-1. The maximum absolute atomic E-state index is 10.8. The minimum atomic E-state index is -4.67. The Labute approximate surface area is 138 Å². The Morgan fingerprint density at radius 2 is 1.45 bits per heavy atom. The zero-order valence-electron chi connectivity index (χ0n) is 12.0. The zero-order valence-corrected chi connectivity index (χ0v) is 13.8. The minimum absolute atomic E-state index is 0. The molecule has 1 aromatic carbocycles. The SMILES string of the molecule is Cc1ccc(C(=O)O)c(C)c1C(=O)O.O=S(=O)(O)O.[H-].[Na+]. The van der Waals surface area contributed by atoms with E-state index in [1.807, 2.05) is 0 Å². The number of carboxylic acid groups (broad SMARTS) is 2. The molecule has 0 aromatic heterocycles. The topological polar surface area (TPSA) is 149 Å². The molecule has 0 unspecified atom stereocenters. The van der Waals surface area contributed by atoms with E-state index in [2.05, 4.69) is 0 Å². The van der Waals surface area contributed by atoms with Crippen molar-refractivity contribution in [2.75, 3.05) is 0 Å². The van der Waals surface area contributed by atoms with Crippen molar-refractivity contribution in [3.8, 4) is 0 Å². The molecule has 0 radical (unpaired) electrons.